The van der Waals surface area contributed by atoms with Gasteiger partial charge in [0.05, 0.1) is 11.4 Å². The molecule has 1 saturated heterocycles. The largest absolute Gasteiger partial charge is 0.483 e. The Morgan fingerprint density at radius 1 is 1.05 bits per heavy atom. The van der Waals surface area contributed by atoms with Gasteiger partial charge in [-0.2, -0.15) is 0 Å². The number of rotatable bonds is 7. The lowest BCUT2D eigenvalue weighted by molar-refractivity contribution is -0.123. The Morgan fingerprint density at radius 3 is 2.59 bits per heavy atom. The Balaban J connectivity index is 1.31. The monoisotopic (exact) mass is 556 g/mol. The summed E-state index contributed by atoms with van der Waals surface area (Å²) in [6.07, 6.45) is 1.52. The van der Waals surface area contributed by atoms with E-state index in [1.165, 1.54) is 6.08 Å². The summed E-state index contributed by atoms with van der Waals surface area (Å²) in [4.78, 5) is 39.4. The van der Waals surface area contributed by atoms with Gasteiger partial charge in [0.25, 0.3) is 17.1 Å². The lowest BCUT2D eigenvalue weighted by Crippen LogP contribution is -2.27. The van der Waals surface area contributed by atoms with Crippen molar-refractivity contribution >= 4 is 63.8 Å². The summed E-state index contributed by atoms with van der Waals surface area (Å²) in [5.74, 6) is 0.496. The number of para-hydroxylation sites is 1. The molecule has 3 aromatic carbocycles. The van der Waals surface area contributed by atoms with Crippen LogP contribution in [0.4, 0.5) is 10.5 Å². The molecule has 8 nitrogen and oxygen atoms in total. The number of benzene rings is 3. The number of fused-ring (bicyclic) bond motifs is 1. The van der Waals surface area contributed by atoms with Crippen LogP contribution in [0.3, 0.4) is 0 Å². The number of carbonyl (C=O) groups is 3. The number of halogens is 2. The molecule has 0 radical (unpaired) electrons. The molecule has 0 aliphatic carbocycles. The average Bonchev–Trinajstić information content (AvgIpc) is 3.43. The van der Waals surface area contributed by atoms with Crippen molar-refractivity contribution in [3.05, 3.63) is 86.7 Å². The summed E-state index contributed by atoms with van der Waals surface area (Å²) in [5, 5.41) is 3.04. The highest BCUT2D eigenvalue weighted by atomic mass is 35.5. The van der Waals surface area contributed by atoms with Gasteiger partial charge in [-0.05, 0) is 59.8 Å². The number of thioether (sulfide) groups is 1. The molecule has 0 aromatic heterocycles. The first-order chi connectivity index (χ1) is 17.9. The Kier molecular flexibility index (Phi) is 7.27. The van der Waals surface area contributed by atoms with Crippen LogP contribution >= 0.6 is 35.0 Å². The summed E-state index contributed by atoms with van der Waals surface area (Å²) in [6, 6.07) is 17.0. The lowest BCUT2D eigenvalue weighted by Gasteiger charge is -2.14. The van der Waals surface area contributed by atoms with E-state index in [4.69, 9.17) is 37.4 Å². The second-order valence-electron chi connectivity index (χ2n) is 7.95. The van der Waals surface area contributed by atoms with Crippen LogP contribution in [0.5, 0.6) is 17.2 Å². The molecule has 1 fully saturated rings. The third-order valence-corrected chi connectivity index (χ3v) is 6.91. The fourth-order valence-corrected chi connectivity index (χ4v) is 4.88. The highest BCUT2D eigenvalue weighted by molar-refractivity contribution is 8.18. The van der Waals surface area contributed by atoms with Gasteiger partial charge in [-0.1, -0.05) is 41.4 Å². The van der Waals surface area contributed by atoms with Crippen molar-refractivity contribution < 1.29 is 28.6 Å². The van der Waals surface area contributed by atoms with Crippen LogP contribution in [0, 0.1) is 0 Å². The van der Waals surface area contributed by atoms with Crippen molar-refractivity contribution in [2.24, 2.45) is 0 Å². The lowest BCUT2D eigenvalue weighted by atomic mass is 10.1. The molecule has 3 amide bonds. The molecule has 11 heteroatoms. The topological polar surface area (TPSA) is 94.2 Å². The van der Waals surface area contributed by atoms with E-state index in [1.54, 1.807) is 54.6 Å². The average molecular weight is 557 g/mol. The van der Waals surface area contributed by atoms with E-state index >= 15 is 0 Å². The van der Waals surface area contributed by atoms with Gasteiger partial charge in [-0.3, -0.25) is 19.3 Å². The van der Waals surface area contributed by atoms with Gasteiger partial charge in [-0.15, -0.1) is 0 Å². The van der Waals surface area contributed by atoms with E-state index in [1.807, 2.05) is 6.07 Å². The zero-order valence-electron chi connectivity index (χ0n) is 19.0. The van der Waals surface area contributed by atoms with Gasteiger partial charge >= 0.3 is 0 Å². The van der Waals surface area contributed by atoms with Gasteiger partial charge < -0.3 is 19.5 Å². The molecule has 0 bridgehead atoms. The number of imide groups is 1. The van der Waals surface area contributed by atoms with Crippen molar-refractivity contribution in [1.82, 2.24) is 4.90 Å². The van der Waals surface area contributed by atoms with Crippen LogP contribution in [0.25, 0.3) is 6.08 Å². The maximum atomic E-state index is 13.1. The molecule has 0 atom stereocenters. The van der Waals surface area contributed by atoms with Crippen molar-refractivity contribution in [2.45, 2.75) is 6.54 Å². The van der Waals surface area contributed by atoms with E-state index in [0.717, 1.165) is 16.7 Å². The number of nitrogens with one attached hydrogen (secondary N) is 1. The highest BCUT2D eigenvalue weighted by Crippen LogP contribution is 2.40. The highest BCUT2D eigenvalue weighted by Gasteiger charge is 2.36. The van der Waals surface area contributed by atoms with Crippen LogP contribution in [0.1, 0.15) is 11.1 Å². The maximum Gasteiger partial charge on any atom is 0.293 e. The molecule has 37 heavy (non-hydrogen) atoms. The first-order valence-corrected chi connectivity index (χ1v) is 12.6. The van der Waals surface area contributed by atoms with Crippen LogP contribution in [0.15, 0.2) is 65.6 Å². The van der Waals surface area contributed by atoms with Crippen molar-refractivity contribution in [1.29, 1.82) is 0 Å². The smallest absolute Gasteiger partial charge is 0.293 e. The minimum atomic E-state index is -0.489. The van der Waals surface area contributed by atoms with Gasteiger partial charge in [0.15, 0.2) is 18.1 Å². The van der Waals surface area contributed by atoms with Crippen LogP contribution in [0.2, 0.25) is 10.0 Å². The van der Waals surface area contributed by atoms with Crippen LogP contribution < -0.4 is 19.5 Å². The first-order valence-electron chi connectivity index (χ1n) is 11.0. The molecule has 1 N–H and O–H groups in total. The predicted molar refractivity (Wildman–Crippen MR) is 141 cm³/mol. The maximum absolute atomic E-state index is 13.1. The number of carbonyl (C=O) groups excluding carboxylic acids is 3. The summed E-state index contributed by atoms with van der Waals surface area (Å²) in [7, 11) is 0. The standard InChI is InChI=1S/C26H18Cl2N2O6S/c27-17-6-7-20(34-13-24(31)29-18-4-2-1-3-5-18)15(8-17)10-23-25(32)30(26(33)37-23)12-16-9-21-22(11-19(16)28)36-14-35-21/h1-11H,12-14H2,(H,29,31)/b23-10-. The zero-order chi connectivity index (χ0) is 25.9. The second-order valence-corrected chi connectivity index (χ2v) is 9.79. The number of amides is 3. The van der Waals surface area contributed by atoms with Gasteiger partial charge in [0.2, 0.25) is 6.79 Å². The Bertz CT molecular complexity index is 1430. The van der Waals surface area contributed by atoms with E-state index in [0.29, 0.717) is 44.1 Å². The fraction of sp³-hybridized carbons (Fsp3) is 0.115. The molecular weight excluding hydrogens is 539 g/mol. The number of hydrogen-bond acceptors (Lipinski definition) is 7. The minimum Gasteiger partial charge on any atom is -0.483 e. The summed E-state index contributed by atoms with van der Waals surface area (Å²) in [5.41, 5.74) is 1.64. The Morgan fingerprint density at radius 2 is 1.81 bits per heavy atom. The van der Waals surface area contributed by atoms with Crippen molar-refractivity contribution in [2.75, 3.05) is 18.7 Å². The van der Waals surface area contributed by atoms with Crippen LogP contribution in [-0.2, 0) is 16.1 Å². The number of nitrogens with zero attached hydrogens (tertiary/aromatic N) is 1. The SMILES string of the molecule is O=C(COc1ccc(Cl)cc1/C=C1\SC(=O)N(Cc2cc3c(cc2Cl)OCO3)C1=O)Nc1ccccc1. The molecule has 0 spiro atoms. The quantitative estimate of drug-likeness (QED) is 0.358. The Hall–Kier alpha value is -3.66. The van der Waals surface area contributed by atoms with Gasteiger partial charge in [0.1, 0.15) is 5.75 Å². The molecule has 188 valence electrons. The van der Waals surface area contributed by atoms with Gasteiger partial charge in [-0.25, -0.2) is 0 Å². The first kappa shape index (κ1) is 25.0. The van der Waals surface area contributed by atoms with Gasteiger partial charge in [0, 0.05) is 27.4 Å². The van der Waals surface area contributed by atoms with E-state index < -0.39 is 11.1 Å². The summed E-state index contributed by atoms with van der Waals surface area (Å²) < 4.78 is 16.4. The molecule has 0 unspecified atom stereocenters. The minimum absolute atomic E-state index is 0.0317. The van der Waals surface area contributed by atoms with Crippen molar-refractivity contribution in [3.8, 4) is 17.2 Å². The second kappa shape index (κ2) is 10.8. The van der Waals surface area contributed by atoms with Crippen LogP contribution in [-0.4, -0.2) is 35.4 Å². The van der Waals surface area contributed by atoms with E-state index in [2.05, 4.69) is 5.32 Å². The zero-order valence-corrected chi connectivity index (χ0v) is 21.4. The number of ether oxygens (including phenoxy) is 3. The third kappa shape index (κ3) is 5.69. The molecule has 3 aromatic rings. The molecule has 5 rings (SSSR count). The number of anilines is 1. The summed E-state index contributed by atoms with van der Waals surface area (Å²) >= 11 is 13.3. The fourth-order valence-electron chi connectivity index (χ4n) is 3.65. The molecule has 2 heterocycles. The molecule has 2 aliphatic heterocycles. The predicted octanol–water partition coefficient (Wildman–Crippen LogP) is 5.98. The van der Waals surface area contributed by atoms with E-state index in [-0.39, 0.29) is 30.8 Å². The van der Waals surface area contributed by atoms with Crippen molar-refractivity contribution in [3.63, 3.8) is 0 Å². The third-order valence-electron chi connectivity index (χ3n) is 5.42. The molecular formula is C26H18Cl2N2O6S. The normalized spacial score (nSPS) is 15.4. The number of hydrogen-bond donors (Lipinski definition) is 1. The Labute approximate surface area is 226 Å². The molecule has 0 saturated carbocycles. The summed E-state index contributed by atoms with van der Waals surface area (Å²) in [6.45, 7) is -0.213. The van der Waals surface area contributed by atoms with E-state index in [9.17, 15) is 14.4 Å². The molecule has 2 aliphatic rings.